The van der Waals surface area contributed by atoms with Crippen LogP contribution in [0.2, 0.25) is 0 Å². The number of nitrogens with two attached hydrogens (primary N) is 1. The van der Waals surface area contributed by atoms with E-state index in [1.807, 2.05) is 0 Å². The number of hydrogen-bond donors (Lipinski definition) is 2. The number of anilines is 1. The number of nitrogens with one attached hydrogen (secondary N) is 1. The molecule has 0 radical (unpaired) electrons. The van der Waals surface area contributed by atoms with Crippen LogP contribution >= 0.6 is 0 Å². The SMILES string of the molecule is CN(CC1CCCO1)S(=O)(=O)c1ncccc1NN. The van der Waals surface area contributed by atoms with Crippen molar-refractivity contribution in [3.63, 3.8) is 0 Å². The average molecular weight is 286 g/mol. The Morgan fingerprint density at radius 1 is 1.63 bits per heavy atom. The third kappa shape index (κ3) is 3.03. The summed E-state index contributed by atoms with van der Waals surface area (Å²) in [7, 11) is -2.15. The molecular weight excluding hydrogens is 268 g/mol. The van der Waals surface area contributed by atoms with E-state index in [4.69, 9.17) is 10.6 Å². The predicted octanol–water partition coefficient (Wildman–Crippen LogP) is 0.167. The van der Waals surface area contributed by atoms with Crippen LogP contribution in [0.1, 0.15) is 12.8 Å². The highest BCUT2D eigenvalue weighted by molar-refractivity contribution is 7.89. The molecule has 0 spiro atoms. The molecule has 0 aromatic carbocycles. The maximum absolute atomic E-state index is 12.4. The molecule has 0 amide bonds. The lowest BCUT2D eigenvalue weighted by Crippen LogP contribution is -2.35. The Morgan fingerprint density at radius 3 is 3.05 bits per heavy atom. The Bertz CT molecular complexity index is 528. The van der Waals surface area contributed by atoms with Crippen LogP contribution in [0.25, 0.3) is 0 Å². The molecule has 3 N–H and O–H groups in total. The lowest BCUT2D eigenvalue weighted by Gasteiger charge is -2.21. The largest absolute Gasteiger partial charge is 0.377 e. The monoisotopic (exact) mass is 286 g/mol. The standard InChI is InChI=1S/C11H18N4O3S/c1-15(8-9-4-3-7-18-9)19(16,17)11-10(14-12)5-2-6-13-11/h2,5-6,9,14H,3-4,7-8,12H2,1H3. The molecular formula is C11H18N4O3S. The molecule has 0 aliphatic carbocycles. The molecule has 0 bridgehead atoms. The molecule has 106 valence electrons. The molecule has 1 saturated heterocycles. The molecule has 19 heavy (non-hydrogen) atoms. The summed E-state index contributed by atoms with van der Waals surface area (Å²) in [5.74, 6) is 5.31. The van der Waals surface area contributed by atoms with Crippen molar-refractivity contribution in [2.45, 2.75) is 24.0 Å². The van der Waals surface area contributed by atoms with Crippen molar-refractivity contribution in [2.75, 3.05) is 25.6 Å². The van der Waals surface area contributed by atoms with Gasteiger partial charge in [0.05, 0.1) is 11.8 Å². The van der Waals surface area contributed by atoms with E-state index in [1.165, 1.54) is 17.5 Å². The summed E-state index contributed by atoms with van der Waals surface area (Å²) in [4.78, 5) is 3.90. The van der Waals surface area contributed by atoms with Crippen molar-refractivity contribution in [1.29, 1.82) is 0 Å². The first-order valence-electron chi connectivity index (χ1n) is 6.05. The number of rotatable bonds is 5. The van der Waals surface area contributed by atoms with Crippen LogP contribution in [-0.4, -0.2) is 44.0 Å². The van der Waals surface area contributed by atoms with Gasteiger partial charge >= 0.3 is 0 Å². The number of likely N-dealkylation sites (N-methyl/N-ethyl adjacent to an activating group) is 1. The lowest BCUT2D eigenvalue weighted by atomic mass is 10.2. The topological polar surface area (TPSA) is 97.5 Å². The predicted molar refractivity (Wildman–Crippen MR) is 70.8 cm³/mol. The molecule has 1 aromatic heterocycles. The maximum Gasteiger partial charge on any atom is 0.262 e. The van der Waals surface area contributed by atoms with Gasteiger partial charge in [-0.1, -0.05) is 0 Å². The first-order valence-corrected chi connectivity index (χ1v) is 7.49. The highest BCUT2D eigenvalue weighted by atomic mass is 32.2. The summed E-state index contributed by atoms with van der Waals surface area (Å²) < 4.78 is 31.5. The van der Waals surface area contributed by atoms with Crippen molar-refractivity contribution in [2.24, 2.45) is 5.84 Å². The molecule has 2 heterocycles. The number of sulfonamides is 1. The molecule has 1 aliphatic rings. The molecule has 2 rings (SSSR count). The zero-order valence-corrected chi connectivity index (χ0v) is 11.6. The van der Waals surface area contributed by atoms with E-state index in [0.29, 0.717) is 13.2 Å². The zero-order valence-electron chi connectivity index (χ0n) is 10.7. The zero-order chi connectivity index (χ0) is 13.9. The summed E-state index contributed by atoms with van der Waals surface area (Å²) in [5.41, 5.74) is 2.63. The van der Waals surface area contributed by atoms with E-state index in [0.717, 1.165) is 12.8 Å². The van der Waals surface area contributed by atoms with Gasteiger partial charge < -0.3 is 10.2 Å². The molecule has 1 aliphatic heterocycles. The molecule has 1 unspecified atom stereocenters. The third-order valence-corrected chi connectivity index (χ3v) is 4.85. The first-order chi connectivity index (χ1) is 9.05. The molecule has 7 nitrogen and oxygen atoms in total. The smallest absolute Gasteiger partial charge is 0.262 e. The van der Waals surface area contributed by atoms with Gasteiger partial charge in [-0.25, -0.2) is 13.4 Å². The van der Waals surface area contributed by atoms with Gasteiger partial charge in [0.25, 0.3) is 10.0 Å². The minimum atomic E-state index is -3.67. The molecule has 8 heteroatoms. The Morgan fingerprint density at radius 2 is 2.42 bits per heavy atom. The first kappa shape index (κ1) is 14.2. The fourth-order valence-electron chi connectivity index (χ4n) is 2.03. The quantitative estimate of drug-likeness (QED) is 0.591. The van der Waals surface area contributed by atoms with Crippen LogP contribution < -0.4 is 11.3 Å². The van der Waals surface area contributed by atoms with Gasteiger partial charge in [0.1, 0.15) is 0 Å². The second-order valence-electron chi connectivity index (χ2n) is 4.42. The van der Waals surface area contributed by atoms with E-state index in [1.54, 1.807) is 12.1 Å². The highest BCUT2D eigenvalue weighted by Crippen LogP contribution is 2.22. The Labute approximate surface area is 112 Å². The van der Waals surface area contributed by atoms with Gasteiger partial charge in [0.15, 0.2) is 5.03 Å². The molecule has 1 aromatic rings. The van der Waals surface area contributed by atoms with Gasteiger partial charge in [-0.05, 0) is 25.0 Å². The van der Waals surface area contributed by atoms with Crippen LogP contribution in [-0.2, 0) is 14.8 Å². The van der Waals surface area contributed by atoms with Crippen molar-refractivity contribution in [1.82, 2.24) is 9.29 Å². The van der Waals surface area contributed by atoms with Gasteiger partial charge in [-0.2, -0.15) is 4.31 Å². The second-order valence-corrected chi connectivity index (χ2v) is 6.38. The Kier molecular flexibility index (Phi) is 4.35. The van der Waals surface area contributed by atoms with Gasteiger partial charge in [0.2, 0.25) is 0 Å². The van der Waals surface area contributed by atoms with Crippen LogP contribution in [0, 0.1) is 0 Å². The number of nitrogens with zero attached hydrogens (tertiary/aromatic N) is 2. The number of pyridine rings is 1. The van der Waals surface area contributed by atoms with E-state index < -0.39 is 10.0 Å². The van der Waals surface area contributed by atoms with Crippen LogP contribution in [0.15, 0.2) is 23.4 Å². The van der Waals surface area contributed by atoms with E-state index >= 15 is 0 Å². The lowest BCUT2D eigenvalue weighted by molar-refractivity contribution is 0.0978. The Balaban J connectivity index is 2.20. The highest BCUT2D eigenvalue weighted by Gasteiger charge is 2.28. The van der Waals surface area contributed by atoms with Crippen LogP contribution in [0.3, 0.4) is 0 Å². The van der Waals surface area contributed by atoms with Crippen molar-refractivity contribution in [3.8, 4) is 0 Å². The van der Waals surface area contributed by atoms with E-state index in [2.05, 4.69) is 10.4 Å². The number of nitrogen functional groups attached to an aromatic ring is 1. The number of aromatic nitrogens is 1. The maximum atomic E-state index is 12.4. The summed E-state index contributed by atoms with van der Waals surface area (Å²) in [6.45, 7) is 1.01. The summed E-state index contributed by atoms with van der Waals surface area (Å²) in [6.07, 6.45) is 3.23. The van der Waals surface area contributed by atoms with Gasteiger partial charge in [-0.15, -0.1) is 0 Å². The van der Waals surface area contributed by atoms with Crippen molar-refractivity contribution in [3.05, 3.63) is 18.3 Å². The minimum absolute atomic E-state index is 0.0437. The molecule has 1 atom stereocenters. The van der Waals surface area contributed by atoms with Gasteiger partial charge in [-0.3, -0.25) is 5.84 Å². The number of hydrogen-bond acceptors (Lipinski definition) is 6. The normalized spacial score (nSPS) is 19.8. The summed E-state index contributed by atoms with van der Waals surface area (Å²) >= 11 is 0. The van der Waals surface area contributed by atoms with Crippen molar-refractivity contribution < 1.29 is 13.2 Å². The summed E-state index contributed by atoms with van der Waals surface area (Å²) in [5, 5.41) is -0.0713. The van der Waals surface area contributed by atoms with Gasteiger partial charge in [0, 0.05) is 26.4 Å². The molecule has 0 saturated carbocycles. The second kappa shape index (κ2) is 5.83. The van der Waals surface area contributed by atoms with Crippen LogP contribution in [0.4, 0.5) is 5.69 Å². The van der Waals surface area contributed by atoms with Crippen molar-refractivity contribution >= 4 is 15.7 Å². The fraction of sp³-hybridized carbons (Fsp3) is 0.545. The van der Waals surface area contributed by atoms with E-state index in [9.17, 15) is 8.42 Å². The summed E-state index contributed by atoms with van der Waals surface area (Å²) in [6, 6.07) is 3.19. The third-order valence-electron chi connectivity index (χ3n) is 3.07. The molecule has 1 fully saturated rings. The van der Waals surface area contributed by atoms with E-state index in [-0.39, 0.29) is 16.8 Å². The number of hydrazine groups is 1. The minimum Gasteiger partial charge on any atom is -0.377 e. The average Bonchev–Trinajstić information content (AvgIpc) is 2.91. The Hall–Kier alpha value is -1.22. The number of ether oxygens (including phenoxy) is 1. The fourth-order valence-corrected chi connectivity index (χ4v) is 3.28. The van der Waals surface area contributed by atoms with Crippen LogP contribution in [0.5, 0.6) is 0 Å².